The van der Waals surface area contributed by atoms with E-state index in [4.69, 9.17) is 7.85 Å². The van der Waals surface area contributed by atoms with Crippen molar-refractivity contribution in [2.24, 2.45) is 0 Å². The van der Waals surface area contributed by atoms with Crippen molar-refractivity contribution in [3.63, 3.8) is 0 Å². The van der Waals surface area contributed by atoms with Gasteiger partial charge in [-0.05, 0) is 6.07 Å². The van der Waals surface area contributed by atoms with E-state index in [-0.39, 0.29) is 11.8 Å². The average Bonchev–Trinajstić information content (AvgIpc) is 2.28. The molecule has 1 aliphatic heterocycles. The van der Waals surface area contributed by atoms with Crippen LogP contribution in [-0.4, -0.2) is 19.7 Å². The van der Waals surface area contributed by atoms with Crippen LogP contribution in [0.25, 0.3) is 0 Å². The van der Waals surface area contributed by atoms with Crippen molar-refractivity contribution in [2.75, 3.05) is 0 Å². The van der Waals surface area contributed by atoms with Gasteiger partial charge in [0.15, 0.2) is 0 Å². The summed E-state index contributed by atoms with van der Waals surface area (Å²) in [7, 11) is 5.45. The molecule has 0 saturated carbocycles. The lowest BCUT2D eigenvalue weighted by Crippen LogP contribution is -2.20. The van der Waals surface area contributed by atoms with Crippen molar-refractivity contribution in [2.45, 2.75) is 0 Å². The summed E-state index contributed by atoms with van der Waals surface area (Å²) in [6.45, 7) is 0. The Balaban J connectivity index is 2.68. The van der Waals surface area contributed by atoms with Gasteiger partial charge in [-0.1, -0.05) is 17.6 Å². The molecule has 0 atom stereocenters. The van der Waals surface area contributed by atoms with Crippen LogP contribution in [0.5, 0.6) is 0 Å². The molecule has 0 fully saturated rings. The van der Waals surface area contributed by atoms with Crippen LogP contribution in [0, 0.1) is 0 Å². The summed E-state index contributed by atoms with van der Waals surface area (Å²) in [5.74, 6) is -0.725. The number of carbonyl (C=O) groups is 2. The van der Waals surface area contributed by atoms with E-state index >= 15 is 0 Å². The molecular weight excluding hydrogens is 153 g/mol. The summed E-state index contributed by atoms with van der Waals surface area (Å²) >= 11 is 0. The predicted molar refractivity (Wildman–Crippen MR) is 43.6 cm³/mol. The van der Waals surface area contributed by atoms with E-state index in [0.717, 1.165) is 0 Å². The van der Waals surface area contributed by atoms with Crippen LogP contribution in [0.15, 0.2) is 18.2 Å². The molecule has 2 amide bonds. The number of amides is 2. The topological polar surface area (TPSA) is 46.2 Å². The third-order valence-electron chi connectivity index (χ3n) is 1.76. The number of nitrogens with one attached hydrogen (secondary N) is 1. The largest absolute Gasteiger partial charge is 0.288 e. The van der Waals surface area contributed by atoms with Gasteiger partial charge in [0.2, 0.25) is 0 Å². The van der Waals surface area contributed by atoms with Crippen LogP contribution < -0.4 is 10.8 Å². The molecule has 12 heavy (non-hydrogen) atoms. The van der Waals surface area contributed by atoms with Gasteiger partial charge >= 0.3 is 0 Å². The molecule has 1 N–H and O–H groups in total. The molecule has 2 radical (unpaired) electrons. The number of hydrogen-bond acceptors (Lipinski definition) is 2. The molecule has 0 saturated heterocycles. The molecule has 2 rings (SSSR count). The standard InChI is InChI=1S/C8H4BNO2/c9-4-1-2-5-6(3-4)8(12)10-7(5)11/h1-3H,(H,10,11,12). The number of fused-ring (bicyclic) bond motifs is 1. The monoisotopic (exact) mass is 157 g/mol. The highest BCUT2D eigenvalue weighted by Crippen LogP contribution is 2.12. The van der Waals surface area contributed by atoms with Crippen molar-refractivity contribution >= 4 is 25.1 Å². The molecule has 0 aliphatic carbocycles. The highest BCUT2D eigenvalue weighted by atomic mass is 16.2. The van der Waals surface area contributed by atoms with E-state index in [0.29, 0.717) is 16.6 Å². The van der Waals surface area contributed by atoms with Crippen molar-refractivity contribution in [1.29, 1.82) is 0 Å². The third kappa shape index (κ3) is 0.846. The second kappa shape index (κ2) is 2.20. The Hall–Kier alpha value is -1.58. The summed E-state index contributed by atoms with van der Waals surface area (Å²) in [5, 5.41) is 2.18. The second-order valence-corrected chi connectivity index (χ2v) is 2.59. The lowest BCUT2D eigenvalue weighted by molar-refractivity contribution is 0.0879. The van der Waals surface area contributed by atoms with Crippen molar-refractivity contribution < 1.29 is 9.59 Å². The Labute approximate surface area is 70.2 Å². The Kier molecular flexibility index (Phi) is 1.30. The molecule has 56 valence electrons. The summed E-state index contributed by atoms with van der Waals surface area (Å²) < 4.78 is 0. The minimum atomic E-state index is -0.373. The molecule has 0 bridgehead atoms. The lowest BCUT2D eigenvalue weighted by Gasteiger charge is -1.94. The summed E-state index contributed by atoms with van der Waals surface area (Å²) in [5.41, 5.74) is 1.24. The highest BCUT2D eigenvalue weighted by Gasteiger charge is 2.25. The highest BCUT2D eigenvalue weighted by molar-refractivity contribution is 6.34. The Morgan fingerprint density at radius 1 is 1.08 bits per heavy atom. The minimum Gasteiger partial charge on any atom is -0.288 e. The number of carbonyl (C=O) groups excluding carboxylic acids is 2. The second-order valence-electron chi connectivity index (χ2n) is 2.59. The molecule has 1 heterocycles. The summed E-state index contributed by atoms with van der Waals surface area (Å²) in [6, 6.07) is 4.64. The maximum atomic E-state index is 11.0. The first-order valence-corrected chi connectivity index (χ1v) is 3.43. The van der Waals surface area contributed by atoms with E-state index in [2.05, 4.69) is 5.32 Å². The summed E-state index contributed by atoms with van der Waals surface area (Å²) in [4.78, 5) is 22.1. The van der Waals surface area contributed by atoms with Gasteiger partial charge in [0, 0.05) is 0 Å². The maximum Gasteiger partial charge on any atom is 0.258 e. The number of benzene rings is 1. The smallest absolute Gasteiger partial charge is 0.258 e. The average molecular weight is 157 g/mol. The van der Waals surface area contributed by atoms with Gasteiger partial charge < -0.3 is 0 Å². The van der Waals surface area contributed by atoms with Crippen LogP contribution in [-0.2, 0) is 0 Å². The first kappa shape index (κ1) is 7.09. The van der Waals surface area contributed by atoms with E-state index < -0.39 is 0 Å². The first-order valence-electron chi connectivity index (χ1n) is 3.43. The lowest BCUT2D eigenvalue weighted by atomic mass is 9.93. The van der Waals surface area contributed by atoms with Crippen molar-refractivity contribution in [3.05, 3.63) is 29.3 Å². The van der Waals surface area contributed by atoms with Crippen LogP contribution in [0.3, 0.4) is 0 Å². The van der Waals surface area contributed by atoms with Crippen LogP contribution in [0.2, 0.25) is 0 Å². The van der Waals surface area contributed by atoms with Gasteiger partial charge in [-0.3, -0.25) is 14.9 Å². The van der Waals surface area contributed by atoms with Gasteiger partial charge in [-0.2, -0.15) is 0 Å². The molecular formula is C8H4BNO2. The van der Waals surface area contributed by atoms with Gasteiger partial charge in [0.1, 0.15) is 7.85 Å². The molecule has 0 unspecified atom stereocenters. The third-order valence-corrected chi connectivity index (χ3v) is 1.76. The first-order chi connectivity index (χ1) is 5.68. The Bertz CT molecular complexity index is 387. The van der Waals surface area contributed by atoms with E-state index in [1.807, 2.05) is 0 Å². The fraction of sp³-hybridized carbons (Fsp3) is 0. The van der Waals surface area contributed by atoms with E-state index in [9.17, 15) is 9.59 Å². The summed E-state index contributed by atoms with van der Waals surface area (Å²) in [6.07, 6.45) is 0. The van der Waals surface area contributed by atoms with Crippen molar-refractivity contribution in [3.8, 4) is 0 Å². The predicted octanol–water partition coefficient (Wildman–Crippen LogP) is -0.636. The van der Waals surface area contributed by atoms with Gasteiger partial charge in [-0.25, -0.2) is 0 Å². The number of rotatable bonds is 0. The van der Waals surface area contributed by atoms with Gasteiger partial charge in [0.25, 0.3) is 11.8 Å². The number of imide groups is 1. The van der Waals surface area contributed by atoms with Crippen LogP contribution >= 0.6 is 0 Å². The molecule has 0 aromatic heterocycles. The van der Waals surface area contributed by atoms with E-state index in [1.165, 1.54) is 6.07 Å². The van der Waals surface area contributed by atoms with Gasteiger partial charge in [-0.15, -0.1) is 0 Å². The SMILES string of the molecule is [B]c1ccc2c(c1)C(=O)NC2=O. The zero-order valence-corrected chi connectivity index (χ0v) is 6.13. The zero-order valence-electron chi connectivity index (χ0n) is 6.13. The molecule has 0 spiro atoms. The Morgan fingerprint density at radius 2 is 1.75 bits per heavy atom. The van der Waals surface area contributed by atoms with Crippen molar-refractivity contribution in [1.82, 2.24) is 5.32 Å². The minimum absolute atomic E-state index is 0.352. The fourth-order valence-electron chi connectivity index (χ4n) is 1.19. The van der Waals surface area contributed by atoms with Gasteiger partial charge in [0.05, 0.1) is 11.1 Å². The fourth-order valence-corrected chi connectivity index (χ4v) is 1.19. The molecule has 3 nitrogen and oxygen atoms in total. The Morgan fingerprint density at radius 3 is 2.50 bits per heavy atom. The normalized spacial score (nSPS) is 14.3. The molecule has 4 heteroatoms. The quantitative estimate of drug-likeness (QED) is 0.402. The zero-order chi connectivity index (χ0) is 8.72. The van der Waals surface area contributed by atoms with Crippen LogP contribution in [0.4, 0.5) is 0 Å². The van der Waals surface area contributed by atoms with Crippen LogP contribution in [0.1, 0.15) is 20.7 Å². The number of hydrogen-bond donors (Lipinski definition) is 1. The van der Waals surface area contributed by atoms with E-state index in [1.54, 1.807) is 12.1 Å². The molecule has 1 aromatic rings. The molecule has 1 aliphatic rings. The molecule has 1 aromatic carbocycles. The maximum absolute atomic E-state index is 11.0.